The third-order valence-corrected chi connectivity index (χ3v) is 5.16. The zero-order valence-electron chi connectivity index (χ0n) is 12.4. The maximum atomic E-state index is 12.5. The second-order valence-electron chi connectivity index (χ2n) is 5.99. The predicted molar refractivity (Wildman–Crippen MR) is 92.0 cm³/mol. The minimum atomic E-state index is -0.341. The number of hydrogen-bond acceptors (Lipinski definition) is 3. The van der Waals surface area contributed by atoms with Crippen molar-refractivity contribution in [3.63, 3.8) is 0 Å². The van der Waals surface area contributed by atoms with Crippen molar-refractivity contribution < 1.29 is 9.53 Å². The van der Waals surface area contributed by atoms with E-state index in [2.05, 4.69) is 33.4 Å². The van der Waals surface area contributed by atoms with E-state index in [1.807, 2.05) is 12.1 Å². The molecule has 1 amide bonds. The number of benzene rings is 1. The minimum absolute atomic E-state index is 0. The highest BCUT2D eigenvalue weighted by Crippen LogP contribution is 2.42. The van der Waals surface area contributed by atoms with Gasteiger partial charge >= 0.3 is 0 Å². The summed E-state index contributed by atoms with van der Waals surface area (Å²) in [6.45, 7) is 0.488. The summed E-state index contributed by atoms with van der Waals surface area (Å²) in [7, 11) is 0. The van der Waals surface area contributed by atoms with Gasteiger partial charge in [0.1, 0.15) is 6.10 Å². The Labute approximate surface area is 145 Å². The number of nitrogens with one attached hydrogen (secondary N) is 1. The van der Waals surface area contributed by atoms with Crippen LogP contribution >= 0.6 is 28.3 Å². The highest BCUT2D eigenvalue weighted by molar-refractivity contribution is 9.10. The lowest BCUT2D eigenvalue weighted by Gasteiger charge is -2.43. The number of rotatable bonds is 4. The maximum Gasteiger partial charge on any atom is 0.249 e. The SMILES string of the molecule is Cl.NC[C@H]1CC[C@@H](C(=O)NC2(c3ccc(Br)cc3)CCC2)O1. The number of ether oxygens (including phenoxy) is 1. The Hall–Kier alpha value is -0.620. The molecule has 6 heteroatoms. The van der Waals surface area contributed by atoms with Gasteiger partial charge in [-0.3, -0.25) is 4.79 Å². The third kappa shape index (κ3) is 3.48. The van der Waals surface area contributed by atoms with Crippen LogP contribution in [0.5, 0.6) is 0 Å². The first kappa shape index (κ1) is 17.7. The number of carbonyl (C=O) groups is 1. The Bertz CT molecular complexity index is 519. The first-order valence-corrected chi connectivity index (χ1v) is 8.36. The van der Waals surface area contributed by atoms with Crippen LogP contribution in [-0.4, -0.2) is 24.7 Å². The average Bonchev–Trinajstić information content (AvgIpc) is 2.93. The molecule has 1 saturated heterocycles. The molecule has 122 valence electrons. The van der Waals surface area contributed by atoms with Gasteiger partial charge in [0.15, 0.2) is 0 Å². The van der Waals surface area contributed by atoms with Gasteiger partial charge in [-0.15, -0.1) is 12.4 Å². The Balaban J connectivity index is 0.00000176. The first-order valence-electron chi connectivity index (χ1n) is 7.56. The van der Waals surface area contributed by atoms with Crippen molar-refractivity contribution in [3.05, 3.63) is 34.3 Å². The van der Waals surface area contributed by atoms with Gasteiger partial charge in [0, 0.05) is 11.0 Å². The second-order valence-corrected chi connectivity index (χ2v) is 6.91. The van der Waals surface area contributed by atoms with Crippen LogP contribution in [0.2, 0.25) is 0 Å². The van der Waals surface area contributed by atoms with Crippen LogP contribution in [0.1, 0.15) is 37.7 Å². The molecule has 1 saturated carbocycles. The summed E-state index contributed by atoms with van der Waals surface area (Å²) >= 11 is 3.45. The predicted octanol–water partition coefficient (Wildman–Crippen LogP) is 2.87. The highest BCUT2D eigenvalue weighted by atomic mass is 79.9. The molecule has 2 atom stereocenters. The van der Waals surface area contributed by atoms with E-state index < -0.39 is 0 Å². The highest BCUT2D eigenvalue weighted by Gasteiger charge is 2.42. The summed E-state index contributed by atoms with van der Waals surface area (Å²) in [6, 6.07) is 8.22. The molecule has 3 N–H and O–H groups in total. The van der Waals surface area contributed by atoms with E-state index in [-0.39, 0.29) is 36.1 Å². The molecule has 1 aliphatic carbocycles. The fraction of sp³-hybridized carbons (Fsp3) is 0.562. The fourth-order valence-electron chi connectivity index (χ4n) is 3.17. The van der Waals surface area contributed by atoms with Crippen molar-refractivity contribution in [3.8, 4) is 0 Å². The van der Waals surface area contributed by atoms with E-state index >= 15 is 0 Å². The molecule has 0 bridgehead atoms. The zero-order chi connectivity index (χ0) is 14.9. The second kappa shape index (κ2) is 7.30. The lowest BCUT2D eigenvalue weighted by Crippen LogP contribution is -2.53. The lowest BCUT2D eigenvalue weighted by atomic mass is 9.71. The Morgan fingerprint density at radius 3 is 2.50 bits per heavy atom. The molecule has 22 heavy (non-hydrogen) atoms. The number of amides is 1. The third-order valence-electron chi connectivity index (χ3n) is 4.63. The van der Waals surface area contributed by atoms with Crippen molar-refractivity contribution in [2.45, 2.75) is 49.9 Å². The molecule has 2 fully saturated rings. The Morgan fingerprint density at radius 2 is 2.00 bits per heavy atom. The summed E-state index contributed by atoms with van der Waals surface area (Å²) < 4.78 is 6.75. The maximum absolute atomic E-state index is 12.5. The van der Waals surface area contributed by atoms with Gasteiger partial charge in [-0.2, -0.15) is 0 Å². The van der Waals surface area contributed by atoms with Crippen LogP contribution in [0.25, 0.3) is 0 Å². The molecule has 0 aromatic heterocycles. The molecule has 2 aliphatic rings. The fourth-order valence-corrected chi connectivity index (χ4v) is 3.44. The summed E-state index contributed by atoms with van der Waals surface area (Å²) in [4.78, 5) is 12.5. The van der Waals surface area contributed by atoms with E-state index in [4.69, 9.17) is 10.5 Å². The van der Waals surface area contributed by atoms with E-state index in [1.54, 1.807) is 0 Å². The van der Waals surface area contributed by atoms with Crippen LogP contribution in [0.3, 0.4) is 0 Å². The largest absolute Gasteiger partial charge is 0.364 e. The standard InChI is InChI=1S/C16H21BrN2O2.ClH/c17-12-4-2-11(3-5-12)16(8-1-9-16)19-15(20)14-7-6-13(10-18)21-14;/h2-5,13-14H,1,6-10,18H2,(H,19,20);1H/t13-,14+;/m1./s1. The van der Waals surface area contributed by atoms with Crippen molar-refractivity contribution in [2.75, 3.05) is 6.54 Å². The number of hydrogen-bond donors (Lipinski definition) is 2. The molecule has 0 unspecified atom stereocenters. The minimum Gasteiger partial charge on any atom is -0.364 e. The molecule has 3 rings (SSSR count). The monoisotopic (exact) mass is 388 g/mol. The normalized spacial score (nSPS) is 25.9. The van der Waals surface area contributed by atoms with Gasteiger partial charge in [0.2, 0.25) is 5.91 Å². The van der Waals surface area contributed by atoms with Crippen LogP contribution in [-0.2, 0) is 15.1 Å². The summed E-state index contributed by atoms with van der Waals surface area (Å²) in [5, 5.41) is 3.23. The smallest absolute Gasteiger partial charge is 0.249 e. The molecular weight excluding hydrogens is 368 g/mol. The quantitative estimate of drug-likeness (QED) is 0.832. The summed E-state index contributed by atoms with van der Waals surface area (Å²) in [5.74, 6) is 0.00793. The van der Waals surface area contributed by atoms with E-state index in [9.17, 15) is 4.79 Å². The topological polar surface area (TPSA) is 64.4 Å². The molecule has 4 nitrogen and oxygen atoms in total. The van der Waals surface area contributed by atoms with Gasteiger partial charge < -0.3 is 15.8 Å². The summed E-state index contributed by atoms with van der Waals surface area (Å²) in [5.41, 5.74) is 6.58. The average molecular weight is 390 g/mol. The van der Waals surface area contributed by atoms with Gasteiger partial charge in [-0.1, -0.05) is 28.1 Å². The lowest BCUT2D eigenvalue weighted by molar-refractivity contribution is -0.135. The summed E-state index contributed by atoms with van der Waals surface area (Å²) in [6.07, 6.45) is 4.47. The zero-order valence-corrected chi connectivity index (χ0v) is 14.8. The Morgan fingerprint density at radius 1 is 1.32 bits per heavy atom. The van der Waals surface area contributed by atoms with Gasteiger partial charge in [-0.05, 0) is 49.8 Å². The van der Waals surface area contributed by atoms with Crippen molar-refractivity contribution >= 4 is 34.2 Å². The van der Waals surface area contributed by atoms with Gasteiger partial charge in [0.25, 0.3) is 0 Å². The van der Waals surface area contributed by atoms with Crippen LogP contribution in [0.15, 0.2) is 28.7 Å². The Kier molecular flexibility index (Phi) is 5.88. The van der Waals surface area contributed by atoms with Crippen molar-refractivity contribution in [1.82, 2.24) is 5.32 Å². The molecular formula is C16H22BrClN2O2. The molecule has 1 aromatic carbocycles. The molecule has 1 heterocycles. The van der Waals surface area contributed by atoms with Gasteiger partial charge in [-0.25, -0.2) is 0 Å². The number of carbonyl (C=O) groups excluding carboxylic acids is 1. The van der Waals surface area contributed by atoms with E-state index in [1.165, 1.54) is 5.56 Å². The number of nitrogens with two attached hydrogens (primary N) is 1. The molecule has 1 aliphatic heterocycles. The van der Waals surface area contributed by atoms with Crippen molar-refractivity contribution in [1.29, 1.82) is 0 Å². The molecule has 1 aromatic rings. The first-order chi connectivity index (χ1) is 10.1. The van der Waals surface area contributed by atoms with Crippen LogP contribution in [0, 0.1) is 0 Å². The van der Waals surface area contributed by atoms with E-state index in [0.717, 1.165) is 36.6 Å². The van der Waals surface area contributed by atoms with Gasteiger partial charge in [0.05, 0.1) is 11.6 Å². The van der Waals surface area contributed by atoms with Crippen LogP contribution in [0.4, 0.5) is 0 Å². The molecule has 0 radical (unpaired) electrons. The number of halogens is 2. The van der Waals surface area contributed by atoms with E-state index in [0.29, 0.717) is 6.54 Å². The van der Waals surface area contributed by atoms with Crippen LogP contribution < -0.4 is 11.1 Å². The molecule has 0 spiro atoms. The van der Waals surface area contributed by atoms with Crippen molar-refractivity contribution in [2.24, 2.45) is 5.73 Å².